The second-order valence-corrected chi connectivity index (χ2v) is 8.36. The molecular formula is C13H26OS2. The van der Waals surface area contributed by atoms with Gasteiger partial charge in [-0.2, -0.15) is 0 Å². The van der Waals surface area contributed by atoms with Crippen molar-refractivity contribution in [1.82, 2.24) is 0 Å². The molecule has 1 aliphatic heterocycles. The lowest BCUT2D eigenvalue weighted by molar-refractivity contribution is 0.409. The molecule has 0 spiro atoms. The highest BCUT2D eigenvalue weighted by molar-refractivity contribution is 8.69. The van der Waals surface area contributed by atoms with Crippen LogP contribution < -0.4 is 0 Å². The molecule has 1 nitrogen and oxygen atoms in total. The van der Waals surface area contributed by atoms with Gasteiger partial charge in [0.05, 0.1) is 9.83 Å². The average molecular weight is 262 g/mol. The Morgan fingerprint density at radius 1 is 1.31 bits per heavy atom. The zero-order chi connectivity index (χ0) is 11.8. The van der Waals surface area contributed by atoms with Gasteiger partial charge in [0.2, 0.25) is 0 Å². The van der Waals surface area contributed by atoms with Crippen molar-refractivity contribution < 1.29 is 4.21 Å². The molecule has 3 atom stereocenters. The van der Waals surface area contributed by atoms with Crippen molar-refractivity contribution in [1.29, 1.82) is 0 Å². The summed E-state index contributed by atoms with van der Waals surface area (Å²) in [6.45, 7) is 4.59. The summed E-state index contributed by atoms with van der Waals surface area (Å²) in [5.41, 5.74) is 0. The Bertz CT molecular complexity index is 206. The van der Waals surface area contributed by atoms with Crippen LogP contribution in [0.25, 0.3) is 0 Å². The molecular weight excluding hydrogens is 236 g/mol. The molecule has 0 N–H and O–H groups in total. The van der Waals surface area contributed by atoms with E-state index in [2.05, 4.69) is 13.8 Å². The molecule has 1 rings (SSSR count). The fourth-order valence-electron chi connectivity index (χ4n) is 2.46. The lowest BCUT2D eigenvalue weighted by Gasteiger charge is -2.13. The average Bonchev–Trinajstić information content (AvgIpc) is 2.69. The smallest absolute Gasteiger partial charge is 0.0835 e. The van der Waals surface area contributed by atoms with Crippen molar-refractivity contribution in [2.24, 2.45) is 5.92 Å². The molecule has 2 unspecified atom stereocenters. The minimum absolute atomic E-state index is 0.510. The Morgan fingerprint density at radius 3 is 2.69 bits per heavy atom. The summed E-state index contributed by atoms with van der Waals surface area (Å²) in [6, 6.07) is 0. The third-order valence-corrected chi connectivity index (χ3v) is 7.24. The van der Waals surface area contributed by atoms with E-state index in [1.165, 1.54) is 51.4 Å². The van der Waals surface area contributed by atoms with Crippen molar-refractivity contribution >= 4 is 20.6 Å². The van der Waals surface area contributed by atoms with Gasteiger partial charge in [0.1, 0.15) is 0 Å². The molecule has 0 aromatic carbocycles. The Labute approximate surface area is 107 Å². The monoisotopic (exact) mass is 262 g/mol. The van der Waals surface area contributed by atoms with Crippen LogP contribution in [0.5, 0.6) is 0 Å². The van der Waals surface area contributed by atoms with E-state index in [1.807, 2.05) is 0 Å². The van der Waals surface area contributed by atoms with Crippen LogP contribution in [0.2, 0.25) is 0 Å². The van der Waals surface area contributed by atoms with E-state index in [0.717, 1.165) is 11.7 Å². The fourth-order valence-corrected chi connectivity index (χ4v) is 5.95. The first-order chi connectivity index (χ1) is 7.77. The molecule has 0 radical (unpaired) electrons. The molecule has 1 aliphatic rings. The Kier molecular flexibility index (Phi) is 7.80. The molecule has 16 heavy (non-hydrogen) atoms. The first-order valence-electron chi connectivity index (χ1n) is 6.81. The molecule has 0 amide bonds. The van der Waals surface area contributed by atoms with Gasteiger partial charge in [0.15, 0.2) is 0 Å². The molecule has 0 aliphatic carbocycles. The van der Waals surface area contributed by atoms with E-state index in [9.17, 15) is 4.21 Å². The number of hydrogen-bond donors (Lipinski definition) is 0. The van der Waals surface area contributed by atoms with Gasteiger partial charge in [-0.1, -0.05) is 63.2 Å². The first-order valence-corrected chi connectivity index (χ1v) is 9.53. The van der Waals surface area contributed by atoms with Crippen molar-refractivity contribution in [3.05, 3.63) is 0 Å². The number of rotatable bonds is 8. The third-order valence-electron chi connectivity index (χ3n) is 3.57. The van der Waals surface area contributed by atoms with Gasteiger partial charge in [0.25, 0.3) is 0 Å². The fraction of sp³-hybridized carbons (Fsp3) is 1.00. The maximum Gasteiger partial charge on any atom is 0.0835 e. The van der Waals surface area contributed by atoms with E-state index in [1.54, 1.807) is 10.8 Å². The standard InChI is InChI=1S/C13H26OS2/c1-3-7-12(4-2)8-5-6-9-13-10-11-15-16(13)14/h12-13H,3-11H2,1-2H3/t12?,13-,16?/m1/s1. The predicted octanol–water partition coefficient (Wildman–Crippen LogP) is 4.54. The van der Waals surface area contributed by atoms with E-state index in [0.29, 0.717) is 5.25 Å². The van der Waals surface area contributed by atoms with E-state index < -0.39 is 9.83 Å². The Morgan fingerprint density at radius 2 is 2.12 bits per heavy atom. The van der Waals surface area contributed by atoms with Crippen LogP contribution in [-0.4, -0.2) is 15.2 Å². The SMILES string of the molecule is CCCC(CC)CCCC[C@@H]1CCSS1=O. The van der Waals surface area contributed by atoms with Crippen molar-refractivity contribution in [2.45, 2.75) is 70.5 Å². The first kappa shape index (κ1) is 14.6. The minimum atomic E-state index is -0.563. The molecule has 1 heterocycles. The highest BCUT2D eigenvalue weighted by Gasteiger charge is 2.23. The normalized spacial score (nSPS) is 27.1. The van der Waals surface area contributed by atoms with Gasteiger partial charge in [0, 0.05) is 11.0 Å². The van der Waals surface area contributed by atoms with Gasteiger partial charge in [-0.05, 0) is 18.8 Å². The van der Waals surface area contributed by atoms with Crippen molar-refractivity contribution in [2.75, 3.05) is 5.75 Å². The van der Waals surface area contributed by atoms with Crippen LogP contribution in [0.1, 0.15) is 65.2 Å². The van der Waals surface area contributed by atoms with Gasteiger partial charge in [-0.3, -0.25) is 0 Å². The van der Waals surface area contributed by atoms with Crippen LogP contribution >= 0.6 is 10.8 Å². The zero-order valence-electron chi connectivity index (χ0n) is 10.7. The van der Waals surface area contributed by atoms with Crippen LogP contribution in [0.3, 0.4) is 0 Å². The molecule has 1 fully saturated rings. The van der Waals surface area contributed by atoms with Gasteiger partial charge < -0.3 is 0 Å². The molecule has 1 saturated heterocycles. The van der Waals surface area contributed by atoms with Crippen LogP contribution in [0.15, 0.2) is 0 Å². The molecule has 0 aromatic rings. The largest absolute Gasteiger partial charge is 0.248 e. The maximum atomic E-state index is 11.5. The molecule has 96 valence electrons. The summed E-state index contributed by atoms with van der Waals surface area (Å²) in [7, 11) is 1.09. The zero-order valence-corrected chi connectivity index (χ0v) is 12.4. The molecule has 0 saturated carbocycles. The number of hydrogen-bond acceptors (Lipinski definition) is 2. The summed E-state index contributed by atoms with van der Waals surface area (Å²) in [4.78, 5) is 0. The second-order valence-electron chi connectivity index (χ2n) is 4.84. The van der Waals surface area contributed by atoms with E-state index >= 15 is 0 Å². The van der Waals surface area contributed by atoms with E-state index in [4.69, 9.17) is 0 Å². The van der Waals surface area contributed by atoms with Crippen LogP contribution in [0, 0.1) is 5.92 Å². The second kappa shape index (κ2) is 8.57. The van der Waals surface area contributed by atoms with Gasteiger partial charge in [-0.15, -0.1) is 0 Å². The quantitative estimate of drug-likeness (QED) is 0.472. The lowest BCUT2D eigenvalue weighted by Crippen LogP contribution is -2.07. The molecule has 3 heteroatoms. The van der Waals surface area contributed by atoms with Crippen molar-refractivity contribution in [3.63, 3.8) is 0 Å². The highest BCUT2D eigenvalue weighted by Crippen LogP contribution is 2.30. The van der Waals surface area contributed by atoms with Crippen molar-refractivity contribution in [3.8, 4) is 0 Å². The Hall–Kier alpha value is 0.500. The third kappa shape index (κ3) is 5.22. The summed E-state index contributed by atoms with van der Waals surface area (Å²) < 4.78 is 11.5. The lowest BCUT2D eigenvalue weighted by atomic mass is 9.94. The summed E-state index contributed by atoms with van der Waals surface area (Å²) >= 11 is 0. The topological polar surface area (TPSA) is 17.1 Å². The maximum absolute atomic E-state index is 11.5. The highest BCUT2D eigenvalue weighted by atomic mass is 33.1. The van der Waals surface area contributed by atoms with Gasteiger partial charge >= 0.3 is 0 Å². The van der Waals surface area contributed by atoms with E-state index in [-0.39, 0.29) is 0 Å². The molecule has 0 bridgehead atoms. The predicted molar refractivity (Wildman–Crippen MR) is 76.2 cm³/mol. The summed E-state index contributed by atoms with van der Waals surface area (Å²) in [6.07, 6.45) is 10.4. The summed E-state index contributed by atoms with van der Waals surface area (Å²) in [5.74, 6) is 2.05. The number of unbranched alkanes of at least 4 members (excludes halogenated alkanes) is 1. The minimum Gasteiger partial charge on any atom is -0.248 e. The van der Waals surface area contributed by atoms with Crippen LogP contribution in [-0.2, 0) is 9.83 Å². The Balaban J connectivity index is 2.04. The van der Waals surface area contributed by atoms with Gasteiger partial charge in [-0.25, -0.2) is 4.21 Å². The van der Waals surface area contributed by atoms with Crippen LogP contribution in [0.4, 0.5) is 0 Å². The molecule has 0 aromatic heterocycles. The summed E-state index contributed by atoms with van der Waals surface area (Å²) in [5, 5.41) is 0.510.